The molecule has 2 fully saturated rings. The molecular formula is C18H24FNO3S. The third kappa shape index (κ3) is 4.56. The molecule has 0 radical (unpaired) electrons. The topological polar surface area (TPSA) is 63.2 Å². The van der Waals surface area contributed by atoms with Crippen molar-refractivity contribution >= 4 is 15.7 Å². The van der Waals surface area contributed by atoms with Crippen LogP contribution < -0.4 is 5.32 Å². The van der Waals surface area contributed by atoms with Gasteiger partial charge in [-0.2, -0.15) is 0 Å². The van der Waals surface area contributed by atoms with Crippen molar-refractivity contribution in [3.8, 4) is 0 Å². The Morgan fingerprint density at radius 1 is 1.21 bits per heavy atom. The summed E-state index contributed by atoms with van der Waals surface area (Å²) in [5.41, 5.74) is 0.873. The van der Waals surface area contributed by atoms with Crippen LogP contribution in [0.2, 0.25) is 0 Å². The smallest absolute Gasteiger partial charge is 0.227 e. The predicted molar refractivity (Wildman–Crippen MR) is 90.9 cm³/mol. The molecule has 1 aliphatic carbocycles. The number of rotatable bonds is 7. The number of hydrogen-bond acceptors (Lipinski definition) is 3. The average molecular weight is 353 g/mol. The van der Waals surface area contributed by atoms with Crippen LogP contribution in [-0.2, 0) is 14.6 Å². The summed E-state index contributed by atoms with van der Waals surface area (Å²) >= 11 is 0. The second kappa shape index (κ2) is 7.21. The lowest BCUT2D eigenvalue weighted by Gasteiger charge is -2.17. The molecule has 1 amide bonds. The van der Waals surface area contributed by atoms with E-state index in [0.717, 1.165) is 37.7 Å². The summed E-state index contributed by atoms with van der Waals surface area (Å²) in [7, 11) is -2.82. The average Bonchev–Trinajstić information content (AvgIpc) is 3.30. The number of carbonyl (C=O) groups is 1. The zero-order valence-corrected chi connectivity index (χ0v) is 14.5. The van der Waals surface area contributed by atoms with Crippen molar-refractivity contribution < 1.29 is 17.6 Å². The lowest BCUT2D eigenvalue weighted by Crippen LogP contribution is -2.31. The van der Waals surface area contributed by atoms with Crippen molar-refractivity contribution in [2.24, 2.45) is 11.8 Å². The van der Waals surface area contributed by atoms with Crippen LogP contribution in [0, 0.1) is 17.7 Å². The summed E-state index contributed by atoms with van der Waals surface area (Å²) in [6.45, 7) is 0.569. The van der Waals surface area contributed by atoms with Gasteiger partial charge in [0.1, 0.15) is 5.82 Å². The molecule has 1 N–H and O–H groups in total. The van der Waals surface area contributed by atoms with Crippen LogP contribution in [0.15, 0.2) is 24.3 Å². The molecule has 1 aromatic carbocycles. The summed E-state index contributed by atoms with van der Waals surface area (Å²) in [4.78, 5) is 12.5. The molecule has 0 bridgehead atoms. The van der Waals surface area contributed by atoms with Gasteiger partial charge >= 0.3 is 0 Å². The Morgan fingerprint density at radius 2 is 1.92 bits per heavy atom. The zero-order chi connectivity index (χ0) is 17.2. The summed E-state index contributed by atoms with van der Waals surface area (Å²) in [6.07, 6.45) is 4.46. The monoisotopic (exact) mass is 353 g/mol. The summed E-state index contributed by atoms with van der Waals surface area (Å²) in [6, 6.07) is 6.19. The highest BCUT2D eigenvalue weighted by atomic mass is 32.2. The van der Waals surface area contributed by atoms with Gasteiger partial charge in [0.2, 0.25) is 5.91 Å². The van der Waals surface area contributed by atoms with E-state index in [1.807, 2.05) is 0 Å². The molecular weight excluding hydrogens is 329 g/mol. The van der Waals surface area contributed by atoms with Gasteiger partial charge in [-0.15, -0.1) is 0 Å². The lowest BCUT2D eigenvalue weighted by molar-refractivity contribution is -0.123. The molecule has 132 valence electrons. The maximum atomic E-state index is 13.1. The third-order valence-corrected chi connectivity index (χ3v) is 6.86. The highest BCUT2D eigenvalue weighted by Gasteiger charge is 2.37. The highest BCUT2D eigenvalue weighted by molar-refractivity contribution is 7.91. The molecule has 6 heteroatoms. The molecule has 2 aliphatic rings. The van der Waals surface area contributed by atoms with Crippen LogP contribution in [-0.4, -0.2) is 32.4 Å². The number of hydrogen-bond donors (Lipinski definition) is 1. The molecule has 1 aliphatic heterocycles. The second-order valence-corrected chi connectivity index (χ2v) is 9.30. The van der Waals surface area contributed by atoms with Crippen molar-refractivity contribution in [2.75, 3.05) is 18.1 Å². The van der Waals surface area contributed by atoms with E-state index in [2.05, 4.69) is 5.32 Å². The van der Waals surface area contributed by atoms with Gasteiger partial charge in [0, 0.05) is 6.54 Å². The van der Waals surface area contributed by atoms with E-state index in [-0.39, 0.29) is 23.6 Å². The third-order valence-electron chi connectivity index (χ3n) is 5.02. The van der Waals surface area contributed by atoms with E-state index >= 15 is 0 Å². The first-order valence-electron chi connectivity index (χ1n) is 8.68. The van der Waals surface area contributed by atoms with E-state index in [1.54, 1.807) is 12.1 Å². The Kier molecular flexibility index (Phi) is 5.23. The number of halogens is 1. The predicted octanol–water partition coefficient (Wildman–Crippen LogP) is 2.65. The first kappa shape index (κ1) is 17.4. The van der Waals surface area contributed by atoms with Gasteiger partial charge in [0.25, 0.3) is 0 Å². The minimum atomic E-state index is -2.82. The van der Waals surface area contributed by atoms with E-state index in [1.165, 1.54) is 12.1 Å². The first-order chi connectivity index (χ1) is 11.4. The maximum Gasteiger partial charge on any atom is 0.227 e. The van der Waals surface area contributed by atoms with Crippen molar-refractivity contribution in [1.82, 2.24) is 5.32 Å². The minimum Gasteiger partial charge on any atom is -0.356 e. The van der Waals surface area contributed by atoms with Gasteiger partial charge < -0.3 is 5.32 Å². The van der Waals surface area contributed by atoms with Gasteiger partial charge in [-0.25, -0.2) is 12.8 Å². The number of carbonyl (C=O) groups excluding carboxylic acids is 1. The highest BCUT2D eigenvalue weighted by Crippen LogP contribution is 2.42. The Labute approximate surface area is 142 Å². The van der Waals surface area contributed by atoms with Crippen molar-refractivity contribution in [3.05, 3.63) is 35.6 Å². The fourth-order valence-electron chi connectivity index (χ4n) is 3.55. The maximum absolute atomic E-state index is 13.1. The molecule has 0 aromatic heterocycles. The Balaban J connectivity index is 1.47. The number of amides is 1. The number of benzene rings is 1. The lowest BCUT2D eigenvalue weighted by atomic mass is 9.93. The van der Waals surface area contributed by atoms with Crippen LogP contribution in [0.4, 0.5) is 4.39 Å². The van der Waals surface area contributed by atoms with Gasteiger partial charge in [0.15, 0.2) is 9.84 Å². The van der Waals surface area contributed by atoms with Crippen LogP contribution in [0.5, 0.6) is 0 Å². The molecule has 24 heavy (non-hydrogen) atoms. The van der Waals surface area contributed by atoms with E-state index in [9.17, 15) is 17.6 Å². The summed E-state index contributed by atoms with van der Waals surface area (Å²) < 4.78 is 36.0. The molecule has 1 heterocycles. The van der Waals surface area contributed by atoms with Gasteiger partial charge in [-0.1, -0.05) is 12.1 Å². The molecule has 2 unspecified atom stereocenters. The molecule has 0 spiro atoms. The molecule has 4 nitrogen and oxygen atoms in total. The fraction of sp³-hybridized carbons (Fsp3) is 0.611. The van der Waals surface area contributed by atoms with Crippen LogP contribution in [0.1, 0.15) is 43.6 Å². The largest absolute Gasteiger partial charge is 0.356 e. The van der Waals surface area contributed by atoms with E-state index < -0.39 is 9.84 Å². The molecule has 3 rings (SSSR count). The second-order valence-electron chi connectivity index (χ2n) is 7.07. The Bertz CT molecular complexity index is 683. The summed E-state index contributed by atoms with van der Waals surface area (Å²) in [5, 5.41) is 2.98. The minimum absolute atomic E-state index is 0.00292. The van der Waals surface area contributed by atoms with Crippen molar-refractivity contribution in [2.45, 2.75) is 38.0 Å². The quantitative estimate of drug-likeness (QED) is 0.767. The molecule has 1 saturated heterocycles. The normalized spacial score (nSPS) is 23.8. The zero-order valence-electron chi connectivity index (χ0n) is 13.7. The Morgan fingerprint density at radius 3 is 2.50 bits per heavy atom. The number of sulfone groups is 1. The van der Waals surface area contributed by atoms with Crippen LogP contribution in [0.25, 0.3) is 0 Å². The first-order valence-corrected chi connectivity index (χ1v) is 10.5. The van der Waals surface area contributed by atoms with E-state index in [4.69, 9.17) is 0 Å². The molecule has 1 aromatic rings. The van der Waals surface area contributed by atoms with E-state index in [0.29, 0.717) is 24.0 Å². The summed E-state index contributed by atoms with van der Waals surface area (Å²) in [5.74, 6) is 0.707. The van der Waals surface area contributed by atoms with Crippen molar-refractivity contribution in [1.29, 1.82) is 0 Å². The molecule has 1 saturated carbocycles. The standard InChI is InChI=1S/C18H24FNO3S/c19-16-7-5-15(6-8-16)17(14-3-4-14)18(21)20-10-1-2-13-9-11-24(22,23)12-13/h5-8,13-14,17H,1-4,9-12H2,(H,20,21). The van der Waals surface area contributed by atoms with Gasteiger partial charge in [-0.05, 0) is 61.6 Å². The fourth-order valence-corrected chi connectivity index (χ4v) is 5.46. The van der Waals surface area contributed by atoms with Gasteiger partial charge in [-0.3, -0.25) is 4.79 Å². The van der Waals surface area contributed by atoms with Crippen LogP contribution in [0.3, 0.4) is 0 Å². The molecule has 2 atom stereocenters. The SMILES string of the molecule is O=C(NCCCC1CCS(=O)(=O)C1)C(c1ccc(F)cc1)C1CC1. The van der Waals surface area contributed by atoms with Gasteiger partial charge in [0.05, 0.1) is 17.4 Å². The van der Waals surface area contributed by atoms with Crippen LogP contribution >= 0.6 is 0 Å². The Hall–Kier alpha value is -1.43. The number of nitrogens with one attached hydrogen (secondary N) is 1. The van der Waals surface area contributed by atoms with Crippen molar-refractivity contribution in [3.63, 3.8) is 0 Å².